The first-order chi connectivity index (χ1) is 9.06. The molecule has 2 N–H and O–H groups in total. The number of aliphatic carboxylic acids is 1. The van der Waals surface area contributed by atoms with Crippen molar-refractivity contribution in [1.82, 2.24) is 9.97 Å². The van der Waals surface area contributed by atoms with Crippen molar-refractivity contribution >= 4 is 11.8 Å². The summed E-state index contributed by atoms with van der Waals surface area (Å²) in [6.07, 6.45) is 2.40. The van der Waals surface area contributed by atoms with Crippen LogP contribution in [0.3, 0.4) is 0 Å². The van der Waals surface area contributed by atoms with E-state index in [0.29, 0.717) is 24.7 Å². The normalized spacial score (nSPS) is 12.2. The summed E-state index contributed by atoms with van der Waals surface area (Å²) >= 11 is 0. The van der Waals surface area contributed by atoms with E-state index >= 15 is 0 Å². The van der Waals surface area contributed by atoms with Crippen molar-refractivity contribution in [1.29, 1.82) is 0 Å². The molecular formula is C13H21N3O3. The summed E-state index contributed by atoms with van der Waals surface area (Å²) in [5.74, 6) is 0.214. The van der Waals surface area contributed by atoms with Crippen LogP contribution in [0.2, 0.25) is 0 Å². The van der Waals surface area contributed by atoms with Crippen molar-refractivity contribution in [3.05, 3.63) is 17.6 Å². The highest BCUT2D eigenvalue weighted by atomic mass is 16.5. The summed E-state index contributed by atoms with van der Waals surface area (Å²) in [4.78, 5) is 19.6. The van der Waals surface area contributed by atoms with Gasteiger partial charge in [0.2, 0.25) is 0 Å². The number of methoxy groups -OCH3 is 1. The standard InChI is InChI=1S/C13H21N3O3/c1-4-5-6-10(13(17)18)15-11-7-9(2)14-12(16-11)8-19-3/h7,10H,4-6,8H2,1-3H3,(H,17,18)(H,14,15,16). The van der Waals surface area contributed by atoms with Crippen LogP contribution in [0.1, 0.15) is 37.7 Å². The second-order valence-corrected chi connectivity index (χ2v) is 4.42. The molecular weight excluding hydrogens is 246 g/mol. The number of ether oxygens (including phenoxy) is 1. The molecule has 1 aromatic heterocycles. The fraction of sp³-hybridized carbons (Fsp3) is 0.615. The summed E-state index contributed by atoms with van der Waals surface area (Å²) in [6, 6.07) is 1.12. The van der Waals surface area contributed by atoms with Gasteiger partial charge in [-0.1, -0.05) is 19.8 Å². The van der Waals surface area contributed by atoms with Crippen LogP contribution in [0.25, 0.3) is 0 Å². The molecule has 0 aliphatic carbocycles. The second kappa shape index (κ2) is 7.68. The monoisotopic (exact) mass is 267 g/mol. The summed E-state index contributed by atoms with van der Waals surface area (Å²) in [5, 5.41) is 12.1. The average Bonchev–Trinajstić information content (AvgIpc) is 2.33. The van der Waals surface area contributed by atoms with Crippen molar-refractivity contribution in [3.8, 4) is 0 Å². The van der Waals surface area contributed by atoms with Crippen molar-refractivity contribution in [2.24, 2.45) is 0 Å². The van der Waals surface area contributed by atoms with Crippen LogP contribution in [-0.2, 0) is 16.1 Å². The van der Waals surface area contributed by atoms with E-state index in [1.807, 2.05) is 13.8 Å². The Balaban J connectivity index is 2.80. The molecule has 1 heterocycles. The van der Waals surface area contributed by atoms with Gasteiger partial charge in [0, 0.05) is 18.9 Å². The van der Waals surface area contributed by atoms with E-state index in [2.05, 4.69) is 15.3 Å². The van der Waals surface area contributed by atoms with E-state index in [4.69, 9.17) is 4.74 Å². The van der Waals surface area contributed by atoms with E-state index in [1.54, 1.807) is 13.2 Å². The second-order valence-electron chi connectivity index (χ2n) is 4.42. The third-order valence-corrected chi connectivity index (χ3v) is 2.64. The number of carbonyl (C=O) groups is 1. The Morgan fingerprint density at radius 3 is 2.84 bits per heavy atom. The minimum absolute atomic E-state index is 0.309. The molecule has 19 heavy (non-hydrogen) atoms. The number of anilines is 1. The maximum atomic E-state index is 11.2. The predicted octanol–water partition coefficient (Wildman–Crippen LogP) is 1.99. The average molecular weight is 267 g/mol. The van der Waals surface area contributed by atoms with E-state index in [1.165, 1.54) is 0 Å². The first-order valence-corrected chi connectivity index (χ1v) is 6.39. The molecule has 1 rings (SSSR count). The molecule has 0 saturated carbocycles. The van der Waals surface area contributed by atoms with E-state index < -0.39 is 12.0 Å². The maximum absolute atomic E-state index is 11.2. The van der Waals surface area contributed by atoms with Gasteiger partial charge in [-0.25, -0.2) is 14.8 Å². The Hall–Kier alpha value is -1.69. The molecule has 0 radical (unpaired) electrons. The lowest BCUT2D eigenvalue weighted by atomic mass is 10.1. The number of nitrogens with one attached hydrogen (secondary N) is 1. The third-order valence-electron chi connectivity index (χ3n) is 2.64. The van der Waals surface area contributed by atoms with Gasteiger partial charge in [-0.2, -0.15) is 0 Å². The molecule has 0 fully saturated rings. The minimum Gasteiger partial charge on any atom is -0.480 e. The molecule has 0 aromatic carbocycles. The van der Waals surface area contributed by atoms with Gasteiger partial charge in [-0.05, 0) is 13.3 Å². The topological polar surface area (TPSA) is 84.3 Å². The molecule has 0 amide bonds. The predicted molar refractivity (Wildman–Crippen MR) is 72.1 cm³/mol. The van der Waals surface area contributed by atoms with Crippen LogP contribution >= 0.6 is 0 Å². The Kier molecular flexibility index (Phi) is 6.21. The number of hydrogen-bond acceptors (Lipinski definition) is 5. The van der Waals surface area contributed by atoms with Gasteiger partial charge in [0.15, 0.2) is 5.82 Å². The molecule has 0 aliphatic rings. The lowest BCUT2D eigenvalue weighted by molar-refractivity contribution is -0.138. The highest BCUT2D eigenvalue weighted by Gasteiger charge is 2.17. The summed E-state index contributed by atoms with van der Waals surface area (Å²) in [7, 11) is 1.57. The fourth-order valence-corrected chi connectivity index (χ4v) is 1.74. The van der Waals surface area contributed by atoms with Crippen LogP contribution in [0.5, 0.6) is 0 Å². The number of rotatable bonds is 8. The molecule has 1 unspecified atom stereocenters. The number of nitrogens with zero attached hydrogens (tertiary/aromatic N) is 2. The first kappa shape index (κ1) is 15.4. The Labute approximate surface area is 113 Å². The summed E-state index contributed by atoms with van der Waals surface area (Å²) < 4.78 is 4.99. The van der Waals surface area contributed by atoms with Gasteiger partial charge in [-0.3, -0.25) is 0 Å². The van der Waals surface area contributed by atoms with Gasteiger partial charge < -0.3 is 15.2 Å². The summed E-state index contributed by atoms with van der Waals surface area (Å²) in [6.45, 7) is 4.18. The minimum atomic E-state index is -0.863. The lowest BCUT2D eigenvalue weighted by Crippen LogP contribution is -2.29. The number of aromatic nitrogens is 2. The molecule has 6 heteroatoms. The van der Waals surface area contributed by atoms with Crippen LogP contribution in [0.15, 0.2) is 6.07 Å². The Morgan fingerprint density at radius 1 is 1.53 bits per heavy atom. The third kappa shape index (κ3) is 5.21. The maximum Gasteiger partial charge on any atom is 0.326 e. The molecule has 6 nitrogen and oxygen atoms in total. The number of aryl methyl sites for hydroxylation is 1. The fourth-order valence-electron chi connectivity index (χ4n) is 1.74. The zero-order valence-electron chi connectivity index (χ0n) is 11.6. The van der Waals surface area contributed by atoms with Gasteiger partial charge in [0.25, 0.3) is 0 Å². The largest absolute Gasteiger partial charge is 0.480 e. The highest BCUT2D eigenvalue weighted by Crippen LogP contribution is 2.11. The molecule has 0 bridgehead atoms. The van der Waals surface area contributed by atoms with Crippen LogP contribution < -0.4 is 5.32 Å². The number of unbranched alkanes of at least 4 members (excludes halogenated alkanes) is 1. The van der Waals surface area contributed by atoms with Crippen molar-refractivity contribution in [2.45, 2.75) is 45.8 Å². The van der Waals surface area contributed by atoms with Crippen LogP contribution in [-0.4, -0.2) is 34.2 Å². The van der Waals surface area contributed by atoms with Gasteiger partial charge in [0.1, 0.15) is 18.5 Å². The zero-order valence-corrected chi connectivity index (χ0v) is 11.6. The number of carboxylic acid groups (broad SMARTS) is 1. The van der Waals surface area contributed by atoms with Crippen molar-refractivity contribution in [2.75, 3.05) is 12.4 Å². The Bertz CT molecular complexity index is 424. The SMILES string of the molecule is CCCCC(Nc1cc(C)nc(COC)n1)C(=O)O. The zero-order chi connectivity index (χ0) is 14.3. The number of carboxylic acids is 1. The lowest BCUT2D eigenvalue weighted by Gasteiger charge is -2.15. The smallest absolute Gasteiger partial charge is 0.326 e. The Morgan fingerprint density at radius 2 is 2.26 bits per heavy atom. The molecule has 0 aliphatic heterocycles. The van der Waals surface area contributed by atoms with E-state index in [0.717, 1.165) is 18.5 Å². The van der Waals surface area contributed by atoms with Crippen LogP contribution in [0, 0.1) is 6.92 Å². The quantitative estimate of drug-likeness (QED) is 0.749. The highest BCUT2D eigenvalue weighted by molar-refractivity contribution is 5.76. The van der Waals surface area contributed by atoms with Gasteiger partial charge >= 0.3 is 5.97 Å². The molecule has 0 spiro atoms. The molecule has 0 saturated heterocycles. The van der Waals surface area contributed by atoms with Crippen molar-refractivity contribution < 1.29 is 14.6 Å². The van der Waals surface area contributed by atoms with Crippen molar-refractivity contribution in [3.63, 3.8) is 0 Å². The first-order valence-electron chi connectivity index (χ1n) is 6.39. The van der Waals surface area contributed by atoms with Gasteiger partial charge in [-0.15, -0.1) is 0 Å². The molecule has 106 valence electrons. The summed E-state index contributed by atoms with van der Waals surface area (Å²) in [5.41, 5.74) is 0.782. The molecule has 1 atom stereocenters. The molecule has 1 aromatic rings. The van der Waals surface area contributed by atoms with Crippen LogP contribution in [0.4, 0.5) is 5.82 Å². The van der Waals surface area contributed by atoms with E-state index in [-0.39, 0.29) is 0 Å². The van der Waals surface area contributed by atoms with E-state index in [9.17, 15) is 9.90 Å². The number of hydrogen-bond donors (Lipinski definition) is 2. The van der Waals surface area contributed by atoms with Gasteiger partial charge in [0.05, 0.1) is 0 Å².